The smallest absolute Gasteiger partial charge is 0.258 e. The molecule has 2 fully saturated rings. The lowest BCUT2D eigenvalue weighted by atomic mass is 9.79. The van der Waals surface area contributed by atoms with Crippen LogP contribution in [0.5, 0.6) is 0 Å². The van der Waals surface area contributed by atoms with Crippen LogP contribution in [-0.4, -0.2) is 17.6 Å². The van der Waals surface area contributed by atoms with Crippen LogP contribution in [0.15, 0.2) is 0 Å². The Balaban J connectivity index is 2.21. The summed E-state index contributed by atoms with van der Waals surface area (Å²) in [5.74, 6) is -3.17. The van der Waals surface area contributed by atoms with E-state index in [0.29, 0.717) is 12.8 Å². The standard InChI is InChI=1S/C10H16F2O/c1-7(6-13)9-5-3-2-4-8(9)10(9,11)12/h7-8,13H,2-6H2,1H3/t7-,8?,9?/m0/s1. The van der Waals surface area contributed by atoms with Crippen LogP contribution in [-0.2, 0) is 0 Å². The summed E-state index contributed by atoms with van der Waals surface area (Å²) in [6.45, 7) is 1.64. The second kappa shape index (κ2) is 2.66. The first-order valence-electron chi connectivity index (χ1n) is 5.06. The number of alkyl halides is 2. The number of fused-ring (bicyclic) bond motifs is 1. The van der Waals surface area contributed by atoms with Gasteiger partial charge in [0, 0.05) is 17.9 Å². The van der Waals surface area contributed by atoms with Gasteiger partial charge in [-0.1, -0.05) is 19.8 Å². The molecule has 3 atom stereocenters. The summed E-state index contributed by atoms with van der Waals surface area (Å²) in [5, 5.41) is 8.98. The van der Waals surface area contributed by atoms with Crippen molar-refractivity contribution in [2.24, 2.45) is 17.3 Å². The van der Waals surface area contributed by atoms with Crippen molar-refractivity contribution in [2.75, 3.05) is 6.61 Å². The van der Waals surface area contributed by atoms with Gasteiger partial charge in [0.2, 0.25) is 0 Å². The minimum Gasteiger partial charge on any atom is -0.396 e. The molecule has 0 aromatic heterocycles. The van der Waals surface area contributed by atoms with Gasteiger partial charge in [-0.3, -0.25) is 0 Å². The molecule has 3 heteroatoms. The Morgan fingerprint density at radius 2 is 2.15 bits per heavy atom. The Kier molecular flexibility index (Phi) is 1.92. The maximum atomic E-state index is 13.5. The number of hydrogen-bond acceptors (Lipinski definition) is 1. The molecule has 0 saturated heterocycles. The Hall–Kier alpha value is -0.180. The summed E-state index contributed by atoms with van der Waals surface area (Å²) in [6.07, 6.45) is 3.08. The van der Waals surface area contributed by atoms with Gasteiger partial charge in [-0.2, -0.15) is 0 Å². The highest BCUT2D eigenvalue weighted by molar-refractivity contribution is 5.20. The first kappa shape index (κ1) is 9.38. The third kappa shape index (κ3) is 0.940. The van der Waals surface area contributed by atoms with Crippen LogP contribution in [0.2, 0.25) is 0 Å². The second-order valence-electron chi connectivity index (χ2n) is 4.55. The molecule has 0 aromatic rings. The number of halogens is 2. The van der Waals surface area contributed by atoms with E-state index >= 15 is 0 Å². The fourth-order valence-electron chi connectivity index (χ4n) is 3.18. The molecule has 0 amide bonds. The van der Waals surface area contributed by atoms with Gasteiger partial charge in [0.25, 0.3) is 5.92 Å². The van der Waals surface area contributed by atoms with E-state index in [9.17, 15) is 8.78 Å². The predicted octanol–water partition coefficient (Wildman–Crippen LogP) is 2.44. The van der Waals surface area contributed by atoms with E-state index in [0.717, 1.165) is 12.8 Å². The maximum Gasteiger partial charge on any atom is 0.258 e. The van der Waals surface area contributed by atoms with Crippen molar-refractivity contribution in [3.05, 3.63) is 0 Å². The van der Waals surface area contributed by atoms with Crippen LogP contribution in [0.4, 0.5) is 8.78 Å². The highest BCUT2D eigenvalue weighted by Gasteiger charge is 2.81. The molecule has 0 radical (unpaired) electrons. The summed E-state index contributed by atoms with van der Waals surface area (Å²) >= 11 is 0. The van der Waals surface area contributed by atoms with Gasteiger partial charge in [-0.25, -0.2) is 8.78 Å². The Bertz CT molecular complexity index is 217. The van der Waals surface area contributed by atoms with E-state index < -0.39 is 17.3 Å². The molecular formula is C10H16F2O. The van der Waals surface area contributed by atoms with E-state index in [2.05, 4.69) is 0 Å². The maximum absolute atomic E-state index is 13.5. The van der Waals surface area contributed by atoms with Crippen molar-refractivity contribution >= 4 is 0 Å². The van der Waals surface area contributed by atoms with Crippen LogP contribution >= 0.6 is 0 Å². The molecule has 2 aliphatic carbocycles. The summed E-state index contributed by atoms with van der Waals surface area (Å²) in [7, 11) is 0. The van der Waals surface area contributed by atoms with Crippen LogP contribution in [0.1, 0.15) is 32.6 Å². The van der Waals surface area contributed by atoms with Gasteiger partial charge >= 0.3 is 0 Å². The average Bonchev–Trinajstić information content (AvgIpc) is 2.65. The Labute approximate surface area is 77.1 Å². The SMILES string of the molecule is C[C@@H](CO)C12CCCCC1C2(F)F. The topological polar surface area (TPSA) is 20.2 Å². The molecule has 1 N–H and O–H groups in total. The van der Waals surface area contributed by atoms with Crippen LogP contribution in [0.3, 0.4) is 0 Å². The summed E-state index contributed by atoms with van der Waals surface area (Å²) in [5.41, 5.74) is -0.833. The van der Waals surface area contributed by atoms with Gasteiger partial charge in [0.15, 0.2) is 0 Å². The third-order valence-corrected chi connectivity index (χ3v) is 4.08. The van der Waals surface area contributed by atoms with Gasteiger partial charge in [-0.15, -0.1) is 0 Å². The molecule has 2 rings (SSSR count). The minimum absolute atomic E-state index is 0.105. The lowest BCUT2D eigenvalue weighted by molar-refractivity contribution is 0.0216. The van der Waals surface area contributed by atoms with Crippen molar-refractivity contribution in [1.29, 1.82) is 0 Å². The van der Waals surface area contributed by atoms with E-state index in [1.54, 1.807) is 6.92 Å². The average molecular weight is 190 g/mol. The fourth-order valence-corrected chi connectivity index (χ4v) is 3.18. The van der Waals surface area contributed by atoms with Crippen LogP contribution in [0, 0.1) is 17.3 Å². The quantitative estimate of drug-likeness (QED) is 0.709. The predicted molar refractivity (Wildman–Crippen MR) is 45.6 cm³/mol. The lowest BCUT2D eigenvalue weighted by Gasteiger charge is -2.25. The monoisotopic (exact) mass is 190 g/mol. The molecule has 2 unspecified atom stereocenters. The molecule has 76 valence electrons. The molecule has 0 aliphatic heterocycles. The second-order valence-corrected chi connectivity index (χ2v) is 4.55. The van der Waals surface area contributed by atoms with E-state index in [1.807, 2.05) is 0 Å². The Morgan fingerprint density at radius 3 is 2.69 bits per heavy atom. The fraction of sp³-hybridized carbons (Fsp3) is 1.00. The largest absolute Gasteiger partial charge is 0.396 e. The summed E-state index contributed by atoms with van der Waals surface area (Å²) in [4.78, 5) is 0. The molecule has 1 nitrogen and oxygen atoms in total. The number of rotatable bonds is 2. The van der Waals surface area contributed by atoms with Gasteiger partial charge in [0.1, 0.15) is 0 Å². The molecule has 0 bridgehead atoms. The van der Waals surface area contributed by atoms with E-state index in [-0.39, 0.29) is 12.5 Å². The first-order chi connectivity index (χ1) is 6.07. The third-order valence-electron chi connectivity index (χ3n) is 4.08. The minimum atomic E-state index is -2.49. The van der Waals surface area contributed by atoms with E-state index in [1.165, 1.54) is 0 Å². The van der Waals surface area contributed by atoms with Crippen LogP contribution in [0.25, 0.3) is 0 Å². The normalized spacial score (nSPS) is 43.8. The van der Waals surface area contributed by atoms with Crippen molar-refractivity contribution in [2.45, 2.75) is 38.5 Å². The summed E-state index contributed by atoms with van der Waals surface area (Å²) in [6, 6.07) is 0. The van der Waals surface area contributed by atoms with Gasteiger partial charge < -0.3 is 5.11 Å². The summed E-state index contributed by atoms with van der Waals surface area (Å²) < 4.78 is 27.0. The van der Waals surface area contributed by atoms with Gasteiger partial charge in [0.05, 0.1) is 0 Å². The number of hydrogen-bond donors (Lipinski definition) is 1. The molecule has 0 spiro atoms. The zero-order valence-electron chi connectivity index (χ0n) is 7.89. The zero-order valence-corrected chi connectivity index (χ0v) is 7.89. The zero-order chi connectivity index (χ0) is 9.69. The molecule has 13 heavy (non-hydrogen) atoms. The van der Waals surface area contributed by atoms with Gasteiger partial charge in [-0.05, 0) is 18.8 Å². The highest BCUT2D eigenvalue weighted by Crippen LogP contribution is 2.75. The molecule has 0 heterocycles. The molecule has 0 aromatic carbocycles. The molecular weight excluding hydrogens is 174 g/mol. The Morgan fingerprint density at radius 1 is 1.46 bits per heavy atom. The number of aliphatic hydroxyl groups is 1. The van der Waals surface area contributed by atoms with Crippen molar-refractivity contribution in [3.63, 3.8) is 0 Å². The van der Waals surface area contributed by atoms with E-state index in [4.69, 9.17) is 5.11 Å². The molecule has 2 aliphatic rings. The lowest BCUT2D eigenvalue weighted by Crippen LogP contribution is -2.25. The molecule has 2 saturated carbocycles. The van der Waals surface area contributed by atoms with Crippen molar-refractivity contribution in [1.82, 2.24) is 0 Å². The highest BCUT2D eigenvalue weighted by atomic mass is 19.3. The van der Waals surface area contributed by atoms with Crippen LogP contribution < -0.4 is 0 Å². The first-order valence-corrected chi connectivity index (χ1v) is 5.06. The number of aliphatic hydroxyl groups excluding tert-OH is 1. The van der Waals surface area contributed by atoms with Crippen molar-refractivity contribution in [3.8, 4) is 0 Å². The van der Waals surface area contributed by atoms with Crippen molar-refractivity contribution < 1.29 is 13.9 Å².